The van der Waals surface area contributed by atoms with E-state index in [1.165, 1.54) is 6.07 Å². The van der Waals surface area contributed by atoms with Gasteiger partial charge in [-0.25, -0.2) is 0 Å². The number of rotatable bonds is 2. The number of aromatic nitrogens is 1. The number of hydrogen-bond donors (Lipinski definition) is 1. The minimum Gasteiger partial charge on any atom is -0.466 e. The van der Waals surface area contributed by atoms with E-state index in [2.05, 4.69) is 4.98 Å². The average Bonchev–Trinajstić information content (AvgIpc) is 2.74. The van der Waals surface area contributed by atoms with Crippen molar-refractivity contribution in [1.82, 2.24) is 4.98 Å². The highest BCUT2D eigenvalue weighted by atomic mass is 35.5. The lowest BCUT2D eigenvalue weighted by atomic mass is 10.0. The third-order valence-corrected chi connectivity index (χ3v) is 4.35. The molecule has 0 saturated heterocycles. The molecule has 0 amide bonds. The van der Waals surface area contributed by atoms with E-state index >= 15 is 0 Å². The number of halogens is 4. The summed E-state index contributed by atoms with van der Waals surface area (Å²) in [7, 11) is 0. The van der Waals surface area contributed by atoms with Crippen LogP contribution in [0.2, 0.25) is 20.2 Å². The summed E-state index contributed by atoms with van der Waals surface area (Å²) in [5.74, 6) is 0.346. The molecule has 0 unspecified atom stereocenters. The monoisotopic (exact) mass is 382 g/mol. The van der Waals surface area contributed by atoms with Crippen molar-refractivity contribution in [3.8, 4) is 5.75 Å². The number of H-pyrrole nitrogens is 1. The highest BCUT2D eigenvalue weighted by Crippen LogP contribution is 2.47. The van der Waals surface area contributed by atoms with Gasteiger partial charge < -0.3 is 14.5 Å². The predicted molar refractivity (Wildman–Crippen MR) is 82.4 cm³/mol. The normalized spacial score (nSPS) is 17.0. The highest BCUT2D eigenvalue weighted by molar-refractivity contribution is 6.43. The highest BCUT2D eigenvalue weighted by Gasteiger charge is 2.36. The van der Waals surface area contributed by atoms with E-state index in [0.717, 1.165) is 0 Å². The van der Waals surface area contributed by atoms with Gasteiger partial charge in [0.05, 0.1) is 9.95 Å². The Kier molecular flexibility index (Phi) is 4.13. The quantitative estimate of drug-likeness (QED) is 0.585. The lowest BCUT2D eigenvalue weighted by Crippen LogP contribution is -2.19. The van der Waals surface area contributed by atoms with Gasteiger partial charge in [0.25, 0.3) is 0 Å². The average molecular weight is 384 g/mol. The first-order valence-electron chi connectivity index (χ1n) is 5.84. The van der Waals surface area contributed by atoms with Crippen molar-refractivity contribution in [3.63, 3.8) is 0 Å². The summed E-state index contributed by atoms with van der Waals surface area (Å²) < 4.78 is 10.8. The number of ether oxygens (including phenoxy) is 2. The number of nitrogens with zero attached hydrogens (tertiary/aromatic N) is 1. The Balaban J connectivity index is 2.21. The smallest absolute Gasteiger partial charge is 0.313 e. The van der Waals surface area contributed by atoms with Crippen molar-refractivity contribution in [2.75, 3.05) is 6.79 Å². The molecule has 0 bridgehead atoms. The lowest BCUT2D eigenvalue weighted by Gasteiger charge is -2.26. The molecular formula is C12H6Cl4N2O4. The Labute approximate surface area is 144 Å². The third kappa shape index (κ3) is 2.51. The topological polar surface area (TPSA) is 77.4 Å². The molecular weight excluding hydrogens is 378 g/mol. The molecule has 116 valence electrons. The number of hydrogen-bond acceptors (Lipinski definition) is 4. The van der Waals surface area contributed by atoms with E-state index in [4.69, 9.17) is 55.9 Å². The van der Waals surface area contributed by atoms with Crippen molar-refractivity contribution in [3.05, 3.63) is 53.7 Å². The van der Waals surface area contributed by atoms with Gasteiger partial charge in [0.1, 0.15) is 22.7 Å². The zero-order valence-electron chi connectivity index (χ0n) is 10.5. The fourth-order valence-corrected chi connectivity index (χ4v) is 3.21. The van der Waals surface area contributed by atoms with Crippen LogP contribution in [0.15, 0.2) is 12.1 Å². The van der Waals surface area contributed by atoms with E-state index in [0.29, 0.717) is 16.3 Å². The molecule has 2 heterocycles. The van der Waals surface area contributed by atoms with Crippen molar-refractivity contribution >= 4 is 52.1 Å². The molecule has 1 N–H and O–H groups in total. The van der Waals surface area contributed by atoms with Gasteiger partial charge in [-0.15, -0.1) is 0 Å². The fourth-order valence-electron chi connectivity index (χ4n) is 2.24. The van der Waals surface area contributed by atoms with Crippen LogP contribution >= 0.6 is 46.4 Å². The molecule has 6 nitrogen and oxygen atoms in total. The maximum Gasteiger partial charge on any atom is 0.313 e. The number of aromatic amines is 1. The van der Waals surface area contributed by atoms with Gasteiger partial charge in [0.2, 0.25) is 0 Å². The molecule has 0 aliphatic carbocycles. The van der Waals surface area contributed by atoms with Gasteiger partial charge in [-0.2, -0.15) is 0 Å². The van der Waals surface area contributed by atoms with Gasteiger partial charge in [-0.3, -0.25) is 10.1 Å². The van der Waals surface area contributed by atoms with E-state index < -0.39 is 11.0 Å². The summed E-state index contributed by atoms with van der Waals surface area (Å²) in [6.07, 6.45) is -0.856. The molecule has 0 fully saturated rings. The van der Waals surface area contributed by atoms with Gasteiger partial charge in [-0.1, -0.05) is 46.4 Å². The Morgan fingerprint density at radius 3 is 2.68 bits per heavy atom. The van der Waals surface area contributed by atoms with Crippen LogP contribution in [0.1, 0.15) is 17.4 Å². The van der Waals surface area contributed by atoms with Crippen LogP contribution in [-0.2, 0) is 4.74 Å². The predicted octanol–water partition coefficient (Wildman–Crippen LogP) is 4.99. The fraction of sp³-hybridized carbons (Fsp3) is 0.167. The standard InChI is InChI=1S/C12H6Cl4N2O4/c13-4-1-5-10(6(14)2-4)21-3-22-11(5)8-9(18(19)20)7(15)12(16)17-8/h1-2,11,17H,3H2/t11-/m0/s1. The van der Waals surface area contributed by atoms with Crippen molar-refractivity contribution in [2.45, 2.75) is 6.10 Å². The second-order valence-corrected chi connectivity index (χ2v) is 5.99. The summed E-state index contributed by atoms with van der Waals surface area (Å²) in [5.41, 5.74) is 0.185. The van der Waals surface area contributed by atoms with Crippen LogP contribution in [0, 0.1) is 10.1 Å². The minimum absolute atomic E-state index is 0.0480. The molecule has 22 heavy (non-hydrogen) atoms. The summed E-state index contributed by atoms with van der Waals surface area (Å²) in [5, 5.41) is 11.6. The van der Waals surface area contributed by atoms with Crippen LogP contribution in [-0.4, -0.2) is 16.7 Å². The van der Waals surface area contributed by atoms with E-state index in [9.17, 15) is 10.1 Å². The van der Waals surface area contributed by atoms with Crippen LogP contribution in [0.25, 0.3) is 0 Å². The second kappa shape index (κ2) is 5.79. The lowest BCUT2D eigenvalue weighted by molar-refractivity contribution is -0.386. The first-order valence-corrected chi connectivity index (χ1v) is 7.36. The summed E-state index contributed by atoms with van der Waals surface area (Å²) in [4.78, 5) is 13.3. The summed E-state index contributed by atoms with van der Waals surface area (Å²) in [6, 6.07) is 3.06. The zero-order valence-corrected chi connectivity index (χ0v) is 13.6. The molecule has 1 atom stereocenters. The zero-order chi connectivity index (χ0) is 16.0. The van der Waals surface area contributed by atoms with E-state index in [1.807, 2.05) is 0 Å². The summed E-state index contributed by atoms with van der Waals surface area (Å²) >= 11 is 23.8. The maximum absolute atomic E-state index is 11.2. The molecule has 1 aliphatic rings. The molecule has 2 aromatic rings. The van der Waals surface area contributed by atoms with Gasteiger partial charge in [-0.05, 0) is 12.1 Å². The van der Waals surface area contributed by atoms with Crippen LogP contribution in [0.5, 0.6) is 5.75 Å². The summed E-state index contributed by atoms with van der Waals surface area (Å²) in [6.45, 7) is -0.134. The van der Waals surface area contributed by atoms with E-state index in [1.54, 1.807) is 6.07 Å². The van der Waals surface area contributed by atoms with Crippen LogP contribution in [0.4, 0.5) is 5.69 Å². The first-order chi connectivity index (χ1) is 10.4. The SMILES string of the molecule is O=[N+]([O-])c1c([C@H]2OCOc3c(Cl)cc(Cl)cc32)[nH]c(Cl)c1Cl. The third-order valence-electron chi connectivity index (χ3n) is 3.10. The number of nitrogens with one attached hydrogen (secondary N) is 1. The van der Waals surface area contributed by atoms with Gasteiger partial charge in [0.15, 0.2) is 11.8 Å². The van der Waals surface area contributed by atoms with Crippen molar-refractivity contribution < 1.29 is 14.4 Å². The number of fused-ring (bicyclic) bond motifs is 1. The molecule has 0 saturated carbocycles. The first kappa shape index (κ1) is 15.7. The largest absolute Gasteiger partial charge is 0.466 e. The van der Waals surface area contributed by atoms with E-state index in [-0.39, 0.29) is 33.4 Å². The Morgan fingerprint density at radius 2 is 2.00 bits per heavy atom. The Bertz CT molecular complexity index is 777. The van der Waals surface area contributed by atoms with Crippen LogP contribution < -0.4 is 4.74 Å². The minimum atomic E-state index is -0.856. The molecule has 0 radical (unpaired) electrons. The molecule has 3 rings (SSSR count). The van der Waals surface area contributed by atoms with Gasteiger partial charge in [0, 0.05) is 10.6 Å². The molecule has 1 aromatic heterocycles. The number of nitro groups is 1. The van der Waals surface area contributed by atoms with Crippen molar-refractivity contribution in [2.24, 2.45) is 0 Å². The molecule has 10 heteroatoms. The maximum atomic E-state index is 11.2. The molecule has 1 aliphatic heterocycles. The van der Waals surface area contributed by atoms with Gasteiger partial charge >= 0.3 is 5.69 Å². The molecule has 1 aromatic carbocycles. The Hall–Kier alpha value is -1.18. The van der Waals surface area contributed by atoms with Crippen LogP contribution in [0.3, 0.4) is 0 Å². The second-order valence-electron chi connectivity index (χ2n) is 4.39. The Morgan fingerprint density at radius 1 is 1.27 bits per heavy atom. The van der Waals surface area contributed by atoms with Crippen molar-refractivity contribution in [1.29, 1.82) is 0 Å². The molecule has 0 spiro atoms. The number of benzene rings is 1.